The third-order valence-electron chi connectivity index (χ3n) is 5.50. The molecule has 3 aromatic heterocycles. The first-order valence-corrected chi connectivity index (χ1v) is 12.2. The fourth-order valence-electron chi connectivity index (χ4n) is 4.20. The van der Waals surface area contributed by atoms with Gasteiger partial charge in [0.15, 0.2) is 16.8 Å². The zero-order valence-electron chi connectivity index (χ0n) is 17.9. The highest BCUT2D eigenvalue weighted by atomic mass is 32.2. The lowest BCUT2D eigenvalue weighted by molar-refractivity contribution is 0.0953. The molecule has 4 heterocycles. The molecule has 0 saturated carbocycles. The molecule has 1 unspecified atom stereocenters. The number of thioether (sulfide) groups is 1. The summed E-state index contributed by atoms with van der Waals surface area (Å²) in [6.07, 6.45) is 2.32. The van der Waals surface area contributed by atoms with Crippen LogP contribution in [0.3, 0.4) is 0 Å². The minimum Gasteiger partial charge on any atom is -0.376 e. The number of ether oxygens (including phenoxy) is 1. The number of rotatable bonds is 8. The number of hydrogen-bond acceptors (Lipinski definition) is 6. The number of carbonyl (C=O) groups excluding carboxylic acids is 1. The Morgan fingerprint density at radius 1 is 1.37 bits per heavy atom. The second kappa shape index (κ2) is 9.08. The Morgan fingerprint density at radius 3 is 2.83 bits per heavy atom. The van der Waals surface area contributed by atoms with E-state index in [1.54, 1.807) is 11.3 Å². The summed E-state index contributed by atoms with van der Waals surface area (Å²) in [5, 5.41) is 11.7. The Labute approximate surface area is 185 Å². The lowest BCUT2D eigenvalue weighted by Crippen LogP contribution is -2.17. The molecule has 1 saturated heterocycles. The standard InChI is InChI=1S/C22H28N4O2S2/c1-14(2)26-15(3)11-18(16(26)4)19(27)13-30-22-24-23-21(20-8-6-10-29-20)25(22)12-17-7-5-9-28-17/h6,8,10-11,14,17H,5,7,9,12-13H2,1-4H3. The molecule has 0 radical (unpaired) electrons. The molecular formula is C22H28N4O2S2. The Morgan fingerprint density at radius 2 is 2.20 bits per heavy atom. The number of carbonyl (C=O) groups is 1. The van der Waals surface area contributed by atoms with Crippen LogP contribution in [0.5, 0.6) is 0 Å². The van der Waals surface area contributed by atoms with E-state index >= 15 is 0 Å². The van der Waals surface area contributed by atoms with Gasteiger partial charge in [0, 0.05) is 29.6 Å². The highest BCUT2D eigenvalue weighted by Crippen LogP contribution is 2.30. The SMILES string of the molecule is Cc1cc(C(=O)CSc2nnc(-c3cccs3)n2CC2CCCO2)c(C)n1C(C)C. The van der Waals surface area contributed by atoms with Gasteiger partial charge in [-0.2, -0.15) is 0 Å². The molecule has 0 spiro atoms. The molecule has 1 aliphatic rings. The van der Waals surface area contributed by atoms with Gasteiger partial charge in [-0.25, -0.2) is 0 Å². The minimum absolute atomic E-state index is 0.129. The van der Waals surface area contributed by atoms with Gasteiger partial charge < -0.3 is 9.30 Å². The summed E-state index contributed by atoms with van der Waals surface area (Å²) in [6, 6.07) is 6.42. The summed E-state index contributed by atoms with van der Waals surface area (Å²) in [6.45, 7) is 9.90. The zero-order chi connectivity index (χ0) is 21.3. The largest absolute Gasteiger partial charge is 0.376 e. The molecule has 0 amide bonds. The number of aromatic nitrogens is 4. The monoisotopic (exact) mass is 444 g/mol. The summed E-state index contributed by atoms with van der Waals surface area (Å²) in [4.78, 5) is 14.1. The van der Waals surface area contributed by atoms with Gasteiger partial charge in [-0.15, -0.1) is 21.5 Å². The van der Waals surface area contributed by atoms with Crippen LogP contribution < -0.4 is 0 Å². The highest BCUT2D eigenvalue weighted by Gasteiger charge is 2.23. The van der Waals surface area contributed by atoms with E-state index in [0.717, 1.165) is 58.8 Å². The maximum atomic E-state index is 13.0. The van der Waals surface area contributed by atoms with E-state index in [4.69, 9.17) is 4.74 Å². The summed E-state index contributed by atoms with van der Waals surface area (Å²) in [5.74, 6) is 1.33. The van der Waals surface area contributed by atoms with E-state index in [1.807, 2.05) is 24.4 Å². The van der Waals surface area contributed by atoms with Crippen molar-refractivity contribution in [3.8, 4) is 10.7 Å². The molecule has 1 atom stereocenters. The van der Waals surface area contributed by atoms with E-state index in [9.17, 15) is 4.79 Å². The molecule has 8 heteroatoms. The van der Waals surface area contributed by atoms with Gasteiger partial charge in [-0.05, 0) is 58.0 Å². The van der Waals surface area contributed by atoms with Crippen molar-refractivity contribution < 1.29 is 9.53 Å². The molecule has 6 nitrogen and oxygen atoms in total. The Balaban J connectivity index is 1.54. The molecule has 1 aliphatic heterocycles. The quantitative estimate of drug-likeness (QED) is 0.355. The average molecular weight is 445 g/mol. The second-order valence-corrected chi connectivity index (χ2v) is 9.88. The third kappa shape index (κ3) is 4.26. The van der Waals surface area contributed by atoms with Crippen molar-refractivity contribution in [3.05, 3.63) is 40.5 Å². The highest BCUT2D eigenvalue weighted by molar-refractivity contribution is 7.99. The average Bonchev–Trinajstić information content (AvgIpc) is 3.48. The minimum atomic E-state index is 0.129. The van der Waals surface area contributed by atoms with E-state index in [0.29, 0.717) is 11.8 Å². The molecule has 30 heavy (non-hydrogen) atoms. The predicted octanol–water partition coefficient (Wildman–Crippen LogP) is 5.16. The van der Waals surface area contributed by atoms with Crippen molar-refractivity contribution in [1.29, 1.82) is 0 Å². The molecule has 1 fully saturated rings. The van der Waals surface area contributed by atoms with Crippen molar-refractivity contribution >= 4 is 28.9 Å². The van der Waals surface area contributed by atoms with Crippen molar-refractivity contribution in [2.75, 3.05) is 12.4 Å². The van der Waals surface area contributed by atoms with E-state index in [-0.39, 0.29) is 11.9 Å². The van der Waals surface area contributed by atoms with Gasteiger partial charge in [-0.3, -0.25) is 9.36 Å². The summed E-state index contributed by atoms with van der Waals surface area (Å²) >= 11 is 3.11. The summed E-state index contributed by atoms with van der Waals surface area (Å²) < 4.78 is 10.2. The van der Waals surface area contributed by atoms with E-state index in [1.165, 1.54) is 11.8 Å². The van der Waals surface area contributed by atoms with Crippen LogP contribution in [0.2, 0.25) is 0 Å². The van der Waals surface area contributed by atoms with Crippen molar-refractivity contribution in [1.82, 2.24) is 19.3 Å². The molecule has 3 aromatic rings. The van der Waals surface area contributed by atoms with E-state index in [2.05, 4.69) is 46.2 Å². The third-order valence-corrected chi connectivity index (χ3v) is 7.33. The fraction of sp³-hybridized carbons (Fsp3) is 0.500. The van der Waals surface area contributed by atoms with E-state index < -0.39 is 0 Å². The molecule has 4 rings (SSSR count). The van der Waals surface area contributed by atoms with Crippen LogP contribution in [0.4, 0.5) is 0 Å². The van der Waals surface area contributed by atoms with Crippen molar-refractivity contribution in [2.45, 2.75) is 64.4 Å². The molecule has 160 valence electrons. The molecule has 0 N–H and O–H groups in total. The van der Waals surface area contributed by atoms with Gasteiger partial charge in [0.2, 0.25) is 0 Å². The molecular weight excluding hydrogens is 416 g/mol. The summed E-state index contributed by atoms with van der Waals surface area (Å²) in [7, 11) is 0. The van der Waals surface area contributed by atoms with Crippen molar-refractivity contribution in [3.63, 3.8) is 0 Å². The second-order valence-electron chi connectivity index (χ2n) is 7.99. The van der Waals surface area contributed by atoms with Crippen LogP contribution in [0.15, 0.2) is 28.7 Å². The fourth-order valence-corrected chi connectivity index (χ4v) is 5.75. The normalized spacial score (nSPS) is 16.6. The van der Waals surface area contributed by atoms with Crippen LogP contribution >= 0.6 is 23.1 Å². The van der Waals surface area contributed by atoms with Gasteiger partial charge in [0.25, 0.3) is 0 Å². The topological polar surface area (TPSA) is 61.9 Å². The number of aryl methyl sites for hydroxylation is 1. The maximum Gasteiger partial charge on any atom is 0.192 e. The predicted molar refractivity (Wildman–Crippen MR) is 122 cm³/mol. The number of ketones is 1. The number of Topliss-reactive ketones (excluding diaryl/α,β-unsaturated/α-hetero) is 1. The Kier molecular flexibility index (Phi) is 6.46. The smallest absolute Gasteiger partial charge is 0.192 e. The Bertz CT molecular complexity index is 1010. The first-order valence-electron chi connectivity index (χ1n) is 10.4. The lowest BCUT2D eigenvalue weighted by Gasteiger charge is -2.14. The molecule has 0 bridgehead atoms. The van der Waals surface area contributed by atoms with Gasteiger partial charge in [0.1, 0.15) is 0 Å². The number of hydrogen-bond donors (Lipinski definition) is 0. The first kappa shape index (κ1) is 21.3. The Hall–Kier alpha value is -1.90. The maximum absolute atomic E-state index is 13.0. The zero-order valence-corrected chi connectivity index (χ0v) is 19.6. The van der Waals surface area contributed by atoms with Crippen LogP contribution in [-0.4, -0.2) is 43.6 Å². The van der Waals surface area contributed by atoms with Gasteiger partial charge >= 0.3 is 0 Å². The number of thiophene rings is 1. The van der Waals surface area contributed by atoms with Gasteiger partial charge in [0.05, 0.1) is 23.3 Å². The molecule has 0 aliphatic carbocycles. The van der Waals surface area contributed by atoms with Crippen molar-refractivity contribution in [2.24, 2.45) is 0 Å². The van der Waals surface area contributed by atoms with Crippen LogP contribution in [0, 0.1) is 13.8 Å². The van der Waals surface area contributed by atoms with Crippen LogP contribution in [0.25, 0.3) is 10.7 Å². The van der Waals surface area contributed by atoms with Gasteiger partial charge in [-0.1, -0.05) is 17.8 Å². The first-order chi connectivity index (χ1) is 14.5. The molecule has 0 aromatic carbocycles. The van der Waals surface area contributed by atoms with Crippen LogP contribution in [-0.2, 0) is 11.3 Å². The van der Waals surface area contributed by atoms with Crippen LogP contribution in [0.1, 0.15) is 54.5 Å². The lowest BCUT2D eigenvalue weighted by atomic mass is 10.2. The number of nitrogens with zero attached hydrogens (tertiary/aromatic N) is 4. The summed E-state index contributed by atoms with van der Waals surface area (Å²) in [5.41, 5.74) is 2.96.